The number of aliphatic carboxylic acids is 1. The molecule has 106 valence electrons. The van der Waals surface area contributed by atoms with E-state index in [0.717, 1.165) is 0 Å². The van der Waals surface area contributed by atoms with Crippen LogP contribution in [0.1, 0.15) is 5.56 Å². The second kappa shape index (κ2) is 6.51. The van der Waals surface area contributed by atoms with Gasteiger partial charge in [0.1, 0.15) is 5.82 Å². The monoisotopic (exact) mass is 279 g/mol. The summed E-state index contributed by atoms with van der Waals surface area (Å²) in [5.74, 6) is -4.81. The molecule has 0 spiro atoms. The van der Waals surface area contributed by atoms with Crippen LogP contribution in [0.4, 0.5) is 17.6 Å². The van der Waals surface area contributed by atoms with E-state index in [-0.39, 0.29) is 13.0 Å². The molecule has 1 aromatic carbocycles. The standard InChI is InChI=1S/C12H13F4NO2/c13-10-4-2-1-3-8(10)5-6-17-7-9(11(18)19)12(14,15)16/h1-4,9,17H,5-7H2,(H,18,19). The van der Waals surface area contributed by atoms with Crippen molar-refractivity contribution in [2.45, 2.75) is 12.6 Å². The van der Waals surface area contributed by atoms with E-state index in [4.69, 9.17) is 5.11 Å². The molecule has 19 heavy (non-hydrogen) atoms. The number of halogens is 4. The second-order valence-corrected chi connectivity index (χ2v) is 3.98. The minimum Gasteiger partial charge on any atom is -0.481 e. The third-order valence-electron chi connectivity index (χ3n) is 2.57. The van der Waals surface area contributed by atoms with Crippen molar-refractivity contribution in [3.63, 3.8) is 0 Å². The Bertz CT molecular complexity index is 434. The maximum atomic E-state index is 13.2. The van der Waals surface area contributed by atoms with Gasteiger partial charge in [0.15, 0.2) is 5.92 Å². The van der Waals surface area contributed by atoms with Crippen molar-refractivity contribution in [3.8, 4) is 0 Å². The molecule has 0 saturated heterocycles. The fraction of sp³-hybridized carbons (Fsp3) is 0.417. The number of alkyl halides is 3. The first-order valence-electron chi connectivity index (χ1n) is 5.56. The molecule has 1 aromatic rings. The molecule has 0 aliphatic heterocycles. The predicted octanol–water partition coefficient (Wildman–Crippen LogP) is 2.22. The Hall–Kier alpha value is -1.63. The summed E-state index contributed by atoms with van der Waals surface area (Å²) in [6, 6.07) is 5.91. The van der Waals surface area contributed by atoms with Gasteiger partial charge in [-0.15, -0.1) is 0 Å². The summed E-state index contributed by atoms with van der Waals surface area (Å²) >= 11 is 0. The molecule has 0 heterocycles. The summed E-state index contributed by atoms with van der Waals surface area (Å²) in [5, 5.41) is 10.8. The number of benzene rings is 1. The lowest BCUT2D eigenvalue weighted by molar-refractivity contribution is -0.192. The van der Waals surface area contributed by atoms with Crippen LogP contribution in [0.15, 0.2) is 24.3 Å². The Labute approximate surface area is 107 Å². The minimum absolute atomic E-state index is 0.0702. The smallest absolute Gasteiger partial charge is 0.403 e. The molecule has 1 atom stereocenters. The first kappa shape index (κ1) is 15.4. The summed E-state index contributed by atoms with van der Waals surface area (Å²) in [7, 11) is 0. The van der Waals surface area contributed by atoms with Crippen LogP contribution in [-0.2, 0) is 11.2 Å². The van der Waals surface area contributed by atoms with Gasteiger partial charge in [-0.3, -0.25) is 4.79 Å². The Balaban J connectivity index is 2.42. The number of hydrogen-bond acceptors (Lipinski definition) is 2. The van der Waals surface area contributed by atoms with Crippen LogP contribution >= 0.6 is 0 Å². The van der Waals surface area contributed by atoms with Crippen LogP contribution in [-0.4, -0.2) is 30.3 Å². The maximum Gasteiger partial charge on any atom is 0.403 e. The highest BCUT2D eigenvalue weighted by Gasteiger charge is 2.44. The molecule has 2 N–H and O–H groups in total. The molecule has 7 heteroatoms. The van der Waals surface area contributed by atoms with Crippen LogP contribution in [0.2, 0.25) is 0 Å². The van der Waals surface area contributed by atoms with Crippen LogP contribution < -0.4 is 5.32 Å². The van der Waals surface area contributed by atoms with Crippen molar-refractivity contribution < 1.29 is 27.5 Å². The molecule has 0 saturated carbocycles. The van der Waals surface area contributed by atoms with Crippen LogP contribution in [0.5, 0.6) is 0 Å². The lowest BCUT2D eigenvalue weighted by Gasteiger charge is -2.16. The van der Waals surface area contributed by atoms with Crippen molar-refractivity contribution in [1.29, 1.82) is 0 Å². The molecule has 0 aliphatic carbocycles. The quantitative estimate of drug-likeness (QED) is 0.620. The van der Waals surface area contributed by atoms with Gasteiger partial charge < -0.3 is 10.4 Å². The third-order valence-corrected chi connectivity index (χ3v) is 2.57. The van der Waals surface area contributed by atoms with E-state index in [0.29, 0.717) is 5.56 Å². The highest BCUT2D eigenvalue weighted by atomic mass is 19.4. The zero-order chi connectivity index (χ0) is 14.5. The van der Waals surface area contributed by atoms with Crippen LogP contribution in [0.25, 0.3) is 0 Å². The lowest BCUT2D eigenvalue weighted by atomic mass is 10.1. The van der Waals surface area contributed by atoms with Gasteiger partial charge in [-0.05, 0) is 24.6 Å². The summed E-state index contributed by atoms with van der Waals surface area (Å²) in [6.45, 7) is -0.659. The number of hydrogen-bond donors (Lipinski definition) is 2. The zero-order valence-corrected chi connectivity index (χ0v) is 9.88. The summed E-state index contributed by atoms with van der Waals surface area (Å²) in [6.07, 6.45) is -4.60. The molecular formula is C12H13F4NO2. The summed E-state index contributed by atoms with van der Waals surface area (Å²) in [5.41, 5.74) is 0.369. The van der Waals surface area contributed by atoms with Gasteiger partial charge in [0, 0.05) is 6.54 Å². The number of carbonyl (C=O) groups is 1. The van der Waals surface area contributed by atoms with E-state index in [1.807, 2.05) is 0 Å². The molecule has 0 amide bonds. The van der Waals surface area contributed by atoms with Gasteiger partial charge in [0.25, 0.3) is 0 Å². The lowest BCUT2D eigenvalue weighted by Crippen LogP contribution is -2.39. The fourth-order valence-corrected chi connectivity index (χ4v) is 1.51. The molecule has 0 fully saturated rings. The number of nitrogens with one attached hydrogen (secondary N) is 1. The van der Waals surface area contributed by atoms with Crippen molar-refractivity contribution in [1.82, 2.24) is 5.32 Å². The normalized spacial score (nSPS) is 13.3. The Morgan fingerprint density at radius 1 is 1.32 bits per heavy atom. The third kappa shape index (κ3) is 4.86. The zero-order valence-electron chi connectivity index (χ0n) is 9.88. The summed E-state index contributed by atoms with van der Waals surface area (Å²) in [4.78, 5) is 10.4. The van der Waals surface area contributed by atoms with Crippen molar-refractivity contribution >= 4 is 5.97 Å². The van der Waals surface area contributed by atoms with E-state index in [2.05, 4.69) is 5.32 Å². The summed E-state index contributed by atoms with van der Waals surface area (Å²) < 4.78 is 50.1. The first-order chi connectivity index (χ1) is 8.82. The number of carboxylic acids is 1. The largest absolute Gasteiger partial charge is 0.481 e. The van der Waals surface area contributed by atoms with E-state index in [1.165, 1.54) is 18.2 Å². The van der Waals surface area contributed by atoms with E-state index >= 15 is 0 Å². The average Bonchev–Trinajstić information content (AvgIpc) is 2.28. The highest BCUT2D eigenvalue weighted by Crippen LogP contribution is 2.25. The van der Waals surface area contributed by atoms with Crippen LogP contribution in [0.3, 0.4) is 0 Å². The second-order valence-electron chi connectivity index (χ2n) is 3.98. The Kier molecular flexibility index (Phi) is 5.29. The first-order valence-corrected chi connectivity index (χ1v) is 5.56. The molecule has 1 unspecified atom stereocenters. The van der Waals surface area contributed by atoms with Gasteiger partial charge in [0.05, 0.1) is 0 Å². The van der Waals surface area contributed by atoms with E-state index in [9.17, 15) is 22.4 Å². The van der Waals surface area contributed by atoms with Crippen molar-refractivity contribution in [3.05, 3.63) is 35.6 Å². The molecule has 0 radical (unpaired) electrons. The predicted molar refractivity (Wildman–Crippen MR) is 60.2 cm³/mol. The van der Waals surface area contributed by atoms with Crippen molar-refractivity contribution in [2.75, 3.05) is 13.1 Å². The van der Waals surface area contributed by atoms with Crippen molar-refractivity contribution in [2.24, 2.45) is 5.92 Å². The van der Waals surface area contributed by atoms with E-state index in [1.54, 1.807) is 6.07 Å². The van der Waals surface area contributed by atoms with Gasteiger partial charge >= 0.3 is 12.1 Å². The average molecular weight is 279 g/mol. The van der Waals surface area contributed by atoms with E-state index < -0.39 is 30.4 Å². The van der Waals surface area contributed by atoms with Gasteiger partial charge in [-0.25, -0.2) is 4.39 Å². The fourth-order valence-electron chi connectivity index (χ4n) is 1.51. The topological polar surface area (TPSA) is 49.3 Å². The molecule has 0 bridgehead atoms. The maximum absolute atomic E-state index is 13.2. The highest BCUT2D eigenvalue weighted by molar-refractivity contribution is 5.71. The minimum atomic E-state index is -4.79. The molecular weight excluding hydrogens is 266 g/mol. The van der Waals surface area contributed by atoms with Gasteiger partial charge in [0.2, 0.25) is 0 Å². The molecule has 1 rings (SSSR count). The van der Waals surface area contributed by atoms with Crippen LogP contribution in [0, 0.1) is 11.7 Å². The number of carboxylic acid groups (broad SMARTS) is 1. The molecule has 0 aliphatic rings. The Morgan fingerprint density at radius 3 is 2.47 bits per heavy atom. The molecule has 3 nitrogen and oxygen atoms in total. The SMILES string of the molecule is O=C(O)C(CNCCc1ccccc1F)C(F)(F)F. The number of rotatable bonds is 6. The Morgan fingerprint density at radius 2 is 1.95 bits per heavy atom. The van der Waals surface area contributed by atoms with Gasteiger partial charge in [-0.1, -0.05) is 18.2 Å². The van der Waals surface area contributed by atoms with Gasteiger partial charge in [-0.2, -0.15) is 13.2 Å². The molecule has 0 aromatic heterocycles.